The first-order valence-electron chi connectivity index (χ1n) is 15.3. The van der Waals surface area contributed by atoms with Crippen LogP contribution < -0.4 is 19.5 Å². The lowest BCUT2D eigenvalue weighted by molar-refractivity contribution is -0.129. The summed E-state index contributed by atoms with van der Waals surface area (Å²) in [5.74, 6) is 0.821. The van der Waals surface area contributed by atoms with Crippen LogP contribution in [0.25, 0.3) is 11.3 Å². The number of nitrogens with zero attached hydrogens (tertiary/aromatic N) is 1. The molecule has 8 nitrogen and oxygen atoms in total. The molecule has 3 aromatic rings. The Hall–Kier alpha value is -3.98. The number of Topliss-reactive ketones (excluding diaryl/α,β-unsaturated/α-hetero) is 1. The van der Waals surface area contributed by atoms with Crippen molar-refractivity contribution in [3.05, 3.63) is 71.2 Å². The van der Waals surface area contributed by atoms with Gasteiger partial charge < -0.3 is 24.6 Å². The van der Waals surface area contributed by atoms with Crippen LogP contribution in [0.15, 0.2) is 48.5 Å². The van der Waals surface area contributed by atoms with Gasteiger partial charge in [0.2, 0.25) is 5.91 Å². The van der Waals surface area contributed by atoms with Crippen LogP contribution in [-0.2, 0) is 15.8 Å². The van der Waals surface area contributed by atoms with E-state index in [9.17, 15) is 19.1 Å². The predicted molar refractivity (Wildman–Crippen MR) is 163 cm³/mol. The van der Waals surface area contributed by atoms with Crippen LogP contribution in [0.2, 0.25) is 0 Å². The lowest BCUT2D eigenvalue weighted by atomic mass is 9.76. The molecular formula is C35H39FN2O6. The fourth-order valence-corrected chi connectivity index (χ4v) is 5.83. The molecule has 2 atom stereocenters. The maximum Gasteiger partial charge on any atom is 0.234 e. The largest absolute Gasteiger partial charge is 0.493 e. The summed E-state index contributed by atoms with van der Waals surface area (Å²) in [6, 6.07) is 12.7. The Labute approximate surface area is 256 Å². The zero-order valence-corrected chi connectivity index (χ0v) is 25.7. The normalized spacial score (nSPS) is 21.3. The highest BCUT2D eigenvalue weighted by molar-refractivity contribution is 5.96. The van der Waals surface area contributed by atoms with Gasteiger partial charge in [0.1, 0.15) is 34.9 Å². The van der Waals surface area contributed by atoms with E-state index in [-0.39, 0.29) is 42.8 Å². The Kier molecular flexibility index (Phi) is 7.64. The van der Waals surface area contributed by atoms with Gasteiger partial charge in [0.05, 0.1) is 18.9 Å². The predicted octanol–water partition coefficient (Wildman–Crippen LogP) is 6.02. The minimum atomic E-state index is -1.53. The number of fused-ring (bicyclic) bond motifs is 1. The van der Waals surface area contributed by atoms with Gasteiger partial charge in [0.25, 0.3) is 0 Å². The topological polar surface area (TPSA) is 107 Å². The Morgan fingerprint density at radius 3 is 2.48 bits per heavy atom. The molecule has 2 N–H and O–H groups in total. The molecule has 9 heteroatoms. The number of methoxy groups -OCH3 is 1. The molecule has 1 aromatic heterocycles. The number of pyridine rings is 1. The highest BCUT2D eigenvalue weighted by atomic mass is 19.1. The van der Waals surface area contributed by atoms with E-state index >= 15 is 0 Å². The fraction of sp³-hybridized carbons (Fsp3) is 0.457. The van der Waals surface area contributed by atoms with Gasteiger partial charge in [0.15, 0.2) is 17.3 Å². The zero-order chi connectivity index (χ0) is 31.3. The van der Waals surface area contributed by atoms with Crippen molar-refractivity contribution < 1.29 is 33.3 Å². The van der Waals surface area contributed by atoms with Crippen LogP contribution in [0.3, 0.4) is 0 Å². The number of ether oxygens (including phenoxy) is 3. The average molecular weight is 603 g/mol. The summed E-state index contributed by atoms with van der Waals surface area (Å²) in [5, 5.41) is 15.0. The first-order valence-corrected chi connectivity index (χ1v) is 15.3. The Balaban J connectivity index is 1.29. The molecule has 0 bridgehead atoms. The third-order valence-electron chi connectivity index (χ3n) is 9.26. The van der Waals surface area contributed by atoms with Gasteiger partial charge in [-0.2, -0.15) is 0 Å². The van der Waals surface area contributed by atoms with E-state index in [0.29, 0.717) is 45.3 Å². The molecule has 2 heterocycles. The summed E-state index contributed by atoms with van der Waals surface area (Å²) >= 11 is 0. The SMILES string of the molecule is COc1cc(C(=O)CC[C@](C)(O)c2cc3c(c(-c4ccc(F)cc4)n2)OC[C@]3(C)C(=O)NC2(C)CCC2)ccc1OC1CC1. The first-order chi connectivity index (χ1) is 20.9. The van der Waals surface area contributed by atoms with Gasteiger partial charge in [-0.25, -0.2) is 9.37 Å². The van der Waals surface area contributed by atoms with Crippen molar-refractivity contribution in [3.8, 4) is 28.5 Å². The van der Waals surface area contributed by atoms with Crippen molar-refractivity contribution in [2.45, 2.75) is 88.4 Å². The monoisotopic (exact) mass is 602 g/mol. The number of aliphatic hydroxyl groups is 1. The van der Waals surface area contributed by atoms with Gasteiger partial charge in [-0.1, -0.05) is 0 Å². The number of carbonyl (C=O) groups excluding carboxylic acids is 2. The van der Waals surface area contributed by atoms with Crippen molar-refractivity contribution >= 4 is 11.7 Å². The van der Waals surface area contributed by atoms with Crippen LogP contribution in [0.5, 0.6) is 17.2 Å². The Bertz CT molecular complexity index is 1600. The average Bonchev–Trinajstić information content (AvgIpc) is 3.75. The van der Waals surface area contributed by atoms with E-state index in [2.05, 4.69) is 5.32 Å². The molecule has 0 radical (unpaired) electrons. The van der Waals surface area contributed by atoms with Gasteiger partial charge in [-0.05, 0) is 108 Å². The molecule has 2 fully saturated rings. The maximum atomic E-state index is 13.8. The highest BCUT2D eigenvalue weighted by Crippen LogP contribution is 2.47. The third kappa shape index (κ3) is 5.77. The summed E-state index contributed by atoms with van der Waals surface area (Å²) in [6.07, 6.45) is 5.21. The minimum absolute atomic E-state index is 0.0379. The van der Waals surface area contributed by atoms with Crippen LogP contribution >= 0.6 is 0 Å². The Morgan fingerprint density at radius 2 is 1.84 bits per heavy atom. The summed E-state index contributed by atoms with van der Waals surface area (Å²) in [7, 11) is 1.54. The van der Waals surface area contributed by atoms with Crippen molar-refractivity contribution in [2.24, 2.45) is 0 Å². The Morgan fingerprint density at radius 1 is 1.11 bits per heavy atom. The van der Waals surface area contributed by atoms with Gasteiger partial charge in [-0.3, -0.25) is 9.59 Å². The van der Waals surface area contributed by atoms with E-state index < -0.39 is 16.8 Å². The fourth-order valence-electron chi connectivity index (χ4n) is 5.83. The molecule has 2 saturated carbocycles. The van der Waals surface area contributed by atoms with Crippen molar-refractivity contribution in [3.63, 3.8) is 0 Å². The number of benzene rings is 2. The molecule has 0 saturated heterocycles. The van der Waals surface area contributed by atoms with E-state index in [1.165, 1.54) is 19.2 Å². The summed E-state index contributed by atoms with van der Waals surface area (Å²) in [5.41, 5.74) is -0.463. The first kappa shape index (κ1) is 30.1. The summed E-state index contributed by atoms with van der Waals surface area (Å²) in [6.45, 7) is 5.59. The second kappa shape index (κ2) is 11.2. The second-order valence-corrected chi connectivity index (χ2v) is 13.1. The third-order valence-corrected chi connectivity index (χ3v) is 9.26. The molecule has 44 heavy (non-hydrogen) atoms. The van der Waals surface area contributed by atoms with Gasteiger partial charge >= 0.3 is 0 Å². The molecule has 0 unspecified atom stereocenters. The number of amides is 1. The number of halogens is 1. The minimum Gasteiger partial charge on any atom is -0.493 e. The number of hydrogen-bond acceptors (Lipinski definition) is 7. The molecule has 1 aliphatic heterocycles. The number of rotatable bonds is 11. The highest BCUT2D eigenvalue weighted by Gasteiger charge is 2.48. The molecule has 2 aromatic carbocycles. The van der Waals surface area contributed by atoms with Crippen LogP contribution in [0, 0.1) is 5.82 Å². The summed E-state index contributed by atoms with van der Waals surface area (Å²) < 4.78 is 31.3. The molecule has 232 valence electrons. The van der Waals surface area contributed by atoms with E-state index in [1.807, 2.05) is 13.8 Å². The number of ketones is 1. The number of carbonyl (C=O) groups is 2. The lowest BCUT2D eigenvalue weighted by Crippen LogP contribution is -2.56. The van der Waals surface area contributed by atoms with Crippen molar-refractivity contribution in [1.82, 2.24) is 10.3 Å². The van der Waals surface area contributed by atoms with Crippen LogP contribution in [-0.4, -0.2) is 47.1 Å². The smallest absolute Gasteiger partial charge is 0.234 e. The number of nitrogens with one attached hydrogen (secondary N) is 1. The van der Waals surface area contributed by atoms with Crippen LogP contribution in [0.4, 0.5) is 4.39 Å². The van der Waals surface area contributed by atoms with Gasteiger partial charge in [-0.15, -0.1) is 0 Å². The molecule has 0 spiro atoms. The van der Waals surface area contributed by atoms with Crippen molar-refractivity contribution in [2.75, 3.05) is 13.7 Å². The number of hydrogen-bond donors (Lipinski definition) is 2. The van der Waals surface area contributed by atoms with Crippen LogP contribution in [0.1, 0.15) is 87.3 Å². The molecule has 2 aliphatic carbocycles. The molecular weight excluding hydrogens is 563 g/mol. The number of aromatic nitrogens is 1. The quantitative estimate of drug-likeness (QED) is 0.259. The molecule has 1 amide bonds. The van der Waals surface area contributed by atoms with E-state index in [1.54, 1.807) is 43.3 Å². The molecule has 3 aliphatic rings. The standard InChI is InChI=1S/C35H39FN2O6/c1-33(15-5-16-33)38-32(40)34(2)20-43-31-25(34)19-29(37-30(31)21-6-9-23(36)10-7-21)35(3,41)17-14-26(39)22-8-13-27(28(18-22)42-4)44-24-11-12-24/h6-10,13,18-19,24,41H,5,11-12,14-17,20H2,1-4H3,(H,38,40)/t34-,35-/m0/s1. The van der Waals surface area contributed by atoms with E-state index in [4.69, 9.17) is 19.2 Å². The van der Waals surface area contributed by atoms with Crippen molar-refractivity contribution in [1.29, 1.82) is 0 Å². The molecule has 6 rings (SSSR count). The summed E-state index contributed by atoms with van der Waals surface area (Å²) in [4.78, 5) is 31.8. The lowest BCUT2D eigenvalue weighted by Gasteiger charge is -2.41. The maximum absolute atomic E-state index is 13.8. The zero-order valence-electron chi connectivity index (χ0n) is 25.7. The van der Waals surface area contributed by atoms with E-state index in [0.717, 1.165) is 32.1 Å². The second-order valence-electron chi connectivity index (χ2n) is 13.1. The van der Waals surface area contributed by atoms with Gasteiger partial charge in [0, 0.05) is 28.7 Å².